The fourth-order valence-electron chi connectivity index (χ4n) is 2.45. The van der Waals surface area contributed by atoms with Gasteiger partial charge in [-0.25, -0.2) is 0 Å². The number of nitrogens with one attached hydrogen (secondary N) is 2. The summed E-state index contributed by atoms with van der Waals surface area (Å²) in [5.41, 5.74) is 1.85. The first-order valence-corrected chi connectivity index (χ1v) is 7.96. The van der Waals surface area contributed by atoms with Crippen molar-refractivity contribution in [1.82, 2.24) is 4.98 Å². The van der Waals surface area contributed by atoms with Crippen molar-refractivity contribution in [2.24, 2.45) is 0 Å². The molecule has 1 aliphatic heterocycles. The second kappa shape index (κ2) is 7.44. The second-order valence-corrected chi connectivity index (χ2v) is 5.82. The molecule has 1 aromatic carbocycles. The maximum atomic E-state index is 12.3. The van der Waals surface area contributed by atoms with Crippen LogP contribution in [0.2, 0.25) is 5.02 Å². The van der Waals surface area contributed by atoms with E-state index < -0.39 is 0 Å². The molecule has 0 radical (unpaired) electrons. The minimum Gasteiger partial charge on any atom is -0.381 e. The summed E-state index contributed by atoms with van der Waals surface area (Å²) in [5, 5.41) is 6.55. The first kappa shape index (κ1) is 15.8. The van der Waals surface area contributed by atoms with E-state index in [0.29, 0.717) is 16.3 Å². The first-order chi connectivity index (χ1) is 11.2. The largest absolute Gasteiger partial charge is 0.381 e. The molecule has 0 bridgehead atoms. The molecule has 2 N–H and O–H groups in total. The van der Waals surface area contributed by atoms with Crippen molar-refractivity contribution in [3.63, 3.8) is 0 Å². The highest BCUT2D eigenvalue weighted by Crippen LogP contribution is 2.21. The maximum Gasteiger partial charge on any atom is 0.257 e. The van der Waals surface area contributed by atoms with Crippen LogP contribution < -0.4 is 10.6 Å². The number of carbonyl (C=O) groups excluding carboxylic acids is 1. The first-order valence-electron chi connectivity index (χ1n) is 7.59. The Balaban J connectivity index is 1.64. The van der Waals surface area contributed by atoms with Gasteiger partial charge in [0.1, 0.15) is 0 Å². The molecular formula is C17H18ClN3O2. The van der Waals surface area contributed by atoms with Gasteiger partial charge in [-0.3, -0.25) is 9.78 Å². The number of rotatable bonds is 5. The number of anilines is 2. The van der Waals surface area contributed by atoms with Gasteiger partial charge in [0.2, 0.25) is 0 Å². The number of hydrogen-bond donors (Lipinski definition) is 2. The molecule has 6 heteroatoms. The third kappa shape index (κ3) is 4.21. The van der Waals surface area contributed by atoms with E-state index in [9.17, 15) is 4.79 Å². The van der Waals surface area contributed by atoms with Crippen molar-refractivity contribution in [3.8, 4) is 0 Å². The van der Waals surface area contributed by atoms with Crippen LogP contribution >= 0.6 is 11.6 Å². The van der Waals surface area contributed by atoms with Gasteiger partial charge in [-0.05, 0) is 31.0 Å². The fraction of sp³-hybridized carbons (Fsp3) is 0.294. The number of hydrogen-bond acceptors (Lipinski definition) is 4. The highest BCUT2D eigenvalue weighted by Gasteiger charge is 2.15. The summed E-state index contributed by atoms with van der Waals surface area (Å²) >= 11 is 6.05. The number of aromatic nitrogens is 1. The molecule has 2 aromatic rings. The molecule has 1 atom stereocenters. The van der Waals surface area contributed by atoms with Crippen molar-refractivity contribution in [1.29, 1.82) is 0 Å². The van der Waals surface area contributed by atoms with E-state index >= 15 is 0 Å². The summed E-state index contributed by atoms with van der Waals surface area (Å²) in [5.74, 6) is -0.244. The van der Waals surface area contributed by atoms with Crippen LogP contribution in [0.25, 0.3) is 0 Å². The van der Waals surface area contributed by atoms with Crippen LogP contribution in [0.3, 0.4) is 0 Å². The van der Waals surface area contributed by atoms with Crippen LogP contribution in [0.5, 0.6) is 0 Å². The fourth-order valence-corrected chi connectivity index (χ4v) is 2.64. The highest BCUT2D eigenvalue weighted by molar-refractivity contribution is 6.33. The summed E-state index contributed by atoms with van der Waals surface area (Å²) in [4.78, 5) is 16.4. The Labute approximate surface area is 140 Å². The molecule has 1 saturated heterocycles. The Morgan fingerprint density at radius 3 is 3.00 bits per heavy atom. The second-order valence-electron chi connectivity index (χ2n) is 5.41. The van der Waals surface area contributed by atoms with E-state index in [2.05, 4.69) is 15.6 Å². The van der Waals surface area contributed by atoms with E-state index in [4.69, 9.17) is 16.3 Å². The quantitative estimate of drug-likeness (QED) is 0.879. The Kier molecular flexibility index (Phi) is 5.10. The molecule has 0 spiro atoms. The number of pyridine rings is 1. The molecule has 1 aliphatic rings. The molecule has 0 saturated carbocycles. The highest BCUT2D eigenvalue weighted by atomic mass is 35.5. The zero-order valence-electron chi connectivity index (χ0n) is 12.6. The van der Waals surface area contributed by atoms with Crippen LogP contribution in [0, 0.1) is 0 Å². The number of amides is 1. The number of benzene rings is 1. The minimum atomic E-state index is -0.244. The molecule has 2 heterocycles. The summed E-state index contributed by atoms with van der Waals surface area (Å²) < 4.78 is 5.57. The van der Waals surface area contributed by atoms with Gasteiger partial charge < -0.3 is 15.4 Å². The average Bonchev–Trinajstić information content (AvgIpc) is 3.09. The number of carbonyl (C=O) groups is 1. The van der Waals surface area contributed by atoms with Crippen molar-refractivity contribution >= 4 is 28.9 Å². The van der Waals surface area contributed by atoms with Gasteiger partial charge in [0.25, 0.3) is 5.91 Å². The van der Waals surface area contributed by atoms with Gasteiger partial charge in [0.05, 0.1) is 28.1 Å². The number of nitrogens with zero attached hydrogens (tertiary/aromatic N) is 1. The van der Waals surface area contributed by atoms with Crippen molar-refractivity contribution in [2.75, 3.05) is 23.8 Å². The Morgan fingerprint density at radius 2 is 2.22 bits per heavy atom. The molecule has 120 valence electrons. The predicted molar refractivity (Wildman–Crippen MR) is 91.1 cm³/mol. The minimum absolute atomic E-state index is 0.232. The number of halogens is 1. The lowest BCUT2D eigenvalue weighted by Crippen LogP contribution is -2.19. The third-order valence-electron chi connectivity index (χ3n) is 3.68. The van der Waals surface area contributed by atoms with Gasteiger partial charge in [-0.1, -0.05) is 23.7 Å². The zero-order chi connectivity index (χ0) is 16.1. The van der Waals surface area contributed by atoms with Crippen LogP contribution in [-0.2, 0) is 4.74 Å². The van der Waals surface area contributed by atoms with Crippen molar-refractivity contribution < 1.29 is 9.53 Å². The van der Waals surface area contributed by atoms with Crippen LogP contribution in [0.4, 0.5) is 11.4 Å². The molecule has 1 unspecified atom stereocenters. The van der Waals surface area contributed by atoms with E-state index in [1.807, 2.05) is 12.1 Å². The number of para-hydroxylation sites is 1. The molecule has 5 nitrogen and oxygen atoms in total. The zero-order valence-corrected chi connectivity index (χ0v) is 13.3. The molecule has 3 rings (SSSR count). The van der Waals surface area contributed by atoms with Gasteiger partial charge in [-0.2, -0.15) is 0 Å². The van der Waals surface area contributed by atoms with Crippen molar-refractivity contribution in [3.05, 3.63) is 53.3 Å². The lowest BCUT2D eigenvalue weighted by atomic mass is 10.2. The molecule has 0 aliphatic carbocycles. The molecule has 1 amide bonds. The van der Waals surface area contributed by atoms with Crippen LogP contribution in [0.1, 0.15) is 23.2 Å². The maximum absolute atomic E-state index is 12.3. The lowest BCUT2D eigenvalue weighted by Gasteiger charge is -2.12. The SMILES string of the molecule is O=C(Nc1ccccc1Cl)c1cncc(NCC2CCCO2)c1. The summed E-state index contributed by atoms with van der Waals surface area (Å²) in [6.07, 6.45) is 5.62. The van der Waals surface area contributed by atoms with E-state index in [0.717, 1.165) is 31.7 Å². The number of ether oxygens (including phenoxy) is 1. The lowest BCUT2D eigenvalue weighted by molar-refractivity contribution is 0.102. The van der Waals surface area contributed by atoms with E-state index in [1.54, 1.807) is 24.4 Å². The monoisotopic (exact) mass is 331 g/mol. The topological polar surface area (TPSA) is 63.2 Å². The van der Waals surface area contributed by atoms with Gasteiger partial charge in [0.15, 0.2) is 0 Å². The van der Waals surface area contributed by atoms with E-state index in [1.165, 1.54) is 6.20 Å². The summed E-state index contributed by atoms with van der Waals surface area (Å²) in [7, 11) is 0. The van der Waals surface area contributed by atoms with Gasteiger partial charge in [0, 0.05) is 25.5 Å². The molecule has 23 heavy (non-hydrogen) atoms. The smallest absolute Gasteiger partial charge is 0.257 e. The standard InChI is InChI=1S/C17H18ClN3O2/c18-15-5-1-2-6-16(15)21-17(22)12-8-13(10-19-9-12)20-11-14-4-3-7-23-14/h1-2,5-6,8-10,14,20H,3-4,7,11H2,(H,21,22). The predicted octanol–water partition coefficient (Wildman–Crippen LogP) is 3.58. The Hall–Kier alpha value is -2.11. The van der Waals surface area contributed by atoms with Gasteiger partial charge in [-0.15, -0.1) is 0 Å². The molecular weight excluding hydrogens is 314 g/mol. The van der Waals surface area contributed by atoms with Crippen LogP contribution in [0.15, 0.2) is 42.7 Å². The Bertz CT molecular complexity index is 687. The molecule has 1 aromatic heterocycles. The summed E-state index contributed by atoms with van der Waals surface area (Å²) in [6.45, 7) is 1.54. The van der Waals surface area contributed by atoms with Crippen molar-refractivity contribution in [2.45, 2.75) is 18.9 Å². The molecule has 1 fully saturated rings. The summed E-state index contributed by atoms with van der Waals surface area (Å²) in [6, 6.07) is 8.89. The normalized spacial score (nSPS) is 17.0. The third-order valence-corrected chi connectivity index (χ3v) is 4.01. The van der Waals surface area contributed by atoms with Gasteiger partial charge >= 0.3 is 0 Å². The Morgan fingerprint density at radius 1 is 1.35 bits per heavy atom. The van der Waals surface area contributed by atoms with Crippen LogP contribution in [-0.4, -0.2) is 30.1 Å². The average molecular weight is 332 g/mol. The van der Waals surface area contributed by atoms with E-state index in [-0.39, 0.29) is 12.0 Å².